The lowest BCUT2D eigenvalue weighted by Gasteiger charge is -2.23. The molecular weight excluding hydrogens is 1050 g/mol. The van der Waals surface area contributed by atoms with Gasteiger partial charge in [-0.3, -0.25) is 4.79 Å². The number of rotatable bonds is 7. The molecule has 1 heterocycles. The summed E-state index contributed by atoms with van der Waals surface area (Å²) in [6, 6.07) is 27.6. The van der Waals surface area contributed by atoms with Crippen LogP contribution in [0, 0.1) is 3.57 Å². The summed E-state index contributed by atoms with van der Waals surface area (Å²) in [7, 11) is 1.33. The normalized spacial score (nSPS) is 16.0. The average molecular weight is 1080 g/mol. The Balaban J connectivity index is 0.000000245. The molecule has 0 saturated carbocycles. The number of hydrogen-bond donors (Lipinski definition) is 0. The van der Waals surface area contributed by atoms with E-state index in [1.54, 1.807) is 30.3 Å². The van der Waals surface area contributed by atoms with E-state index in [4.69, 9.17) is 14.2 Å². The van der Waals surface area contributed by atoms with Gasteiger partial charge in [-0.2, -0.15) is 43.9 Å². The van der Waals surface area contributed by atoms with Crippen molar-refractivity contribution in [2.45, 2.75) is 55.5 Å². The van der Waals surface area contributed by atoms with E-state index in [0.717, 1.165) is 35.4 Å². The number of carbonyl (C=O) groups is 1. The third kappa shape index (κ3) is 10.6. The van der Waals surface area contributed by atoms with Crippen LogP contribution in [0.5, 0.6) is 11.5 Å². The highest BCUT2D eigenvalue weighted by Gasteiger charge is 2.60. The van der Waals surface area contributed by atoms with Gasteiger partial charge in [-0.05, 0) is 97.9 Å². The van der Waals surface area contributed by atoms with Crippen molar-refractivity contribution in [2.24, 2.45) is 0 Å². The lowest BCUT2D eigenvalue weighted by molar-refractivity contribution is -0.289. The maximum Gasteiger partial charge on any atom is 0.458 e. The number of alkyl halides is 10. The SMILES string of the molecule is Brc1ccccc1I.COC(=O)C[C@@H]1COc2cc(O[C@@H]3CCc4c(-c5ccccc5C(F)(F)C(F)(F)F)cccc43)ccc21.FC(F)(F)C(F)(F)c1ccccc1Br. The van der Waals surface area contributed by atoms with Gasteiger partial charge in [-0.1, -0.05) is 94.8 Å². The standard InChI is InChI=1S/C28H23F5O4.C8H4BrF5.C6H4BrI/c1-35-26(34)13-16-15-36-25-14-17(9-10-18(16)25)37-24-12-11-20-19(6-4-7-22(20)24)21-5-2-3-8-23(21)27(29,30)28(31,32)33;9-6-4-2-1-3-5(6)7(10,11)8(12,13)14;7-5-3-1-2-4-6(5)8/h2-10,14,16,24H,11-13,15H2,1H3;1-4H;1-4H/t16-,24-;;/m1../s1. The van der Waals surface area contributed by atoms with Gasteiger partial charge in [0.25, 0.3) is 0 Å². The molecule has 0 spiro atoms. The maximum atomic E-state index is 14.4. The first-order valence-corrected chi connectivity index (χ1v) is 20.1. The molecule has 7 rings (SSSR count). The van der Waals surface area contributed by atoms with E-state index >= 15 is 0 Å². The highest BCUT2D eigenvalue weighted by Crippen LogP contribution is 2.50. The van der Waals surface area contributed by atoms with Gasteiger partial charge in [0.15, 0.2) is 0 Å². The zero-order chi connectivity index (χ0) is 43.3. The van der Waals surface area contributed by atoms with Crippen LogP contribution in [0.1, 0.15) is 52.7 Å². The number of ether oxygens (including phenoxy) is 3. The van der Waals surface area contributed by atoms with Crippen LogP contribution >= 0.6 is 54.5 Å². The van der Waals surface area contributed by atoms with Crippen LogP contribution in [0.4, 0.5) is 43.9 Å². The number of hydrogen-bond acceptors (Lipinski definition) is 4. The number of benzene rings is 5. The Morgan fingerprint density at radius 2 is 1.29 bits per heavy atom. The molecule has 0 radical (unpaired) electrons. The van der Waals surface area contributed by atoms with Gasteiger partial charge in [0.1, 0.15) is 17.6 Å². The van der Waals surface area contributed by atoms with E-state index in [1.165, 1.54) is 39.4 Å². The lowest BCUT2D eigenvalue weighted by Crippen LogP contribution is -2.34. The predicted molar refractivity (Wildman–Crippen MR) is 216 cm³/mol. The molecule has 0 unspecified atom stereocenters. The average Bonchev–Trinajstić information content (AvgIpc) is 3.79. The fourth-order valence-corrected chi connectivity index (χ4v) is 7.60. The lowest BCUT2D eigenvalue weighted by atomic mass is 9.90. The summed E-state index contributed by atoms with van der Waals surface area (Å²) in [5.41, 5.74) is 0.358. The van der Waals surface area contributed by atoms with Crippen LogP contribution in [0.3, 0.4) is 0 Å². The molecular formula is C42H31Br2F10IO4. The zero-order valence-electron chi connectivity index (χ0n) is 30.4. The zero-order valence-corrected chi connectivity index (χ0v) is 35.8. The van der Waals surface area contributed by atoms with E-state index in [-0.39, 0.29) is 28.3 Å². The quantitative estimate of drug-likeness (QED) is 0.0926. The van der Waals surface area contributed by atoms with Crippen LogP contribution in [0.15, 0.2) is 118 Å². The molecule has 0 aromatic heterocycles. The Labute approximate surface area is 362 Å². The van der Waals surface area contributed by atoms with Crippen molar-refractivity contribution >= 4 is 60.4 Å². The van der Waals surface area contributed by atoms with E-state index in [0.29, 0.717) is 42.1 Å². The van der Waals surface area contributed by atoms with Crippen molar-refractivity contribution in [3.63, 3.8) is 0 Å². The largest absolute Gasteiger partial charge is 0.492 e. The summed E-state index contributed by atoms with van der Waals surface area (Å²) in [5, 5.41) is 0. The minimum atomic E-state index is -5.71. The molecule has 5 aromatic rings. The summed E-state index contributed by atoms with van der Waals surface area (Å²) in [4.78, 5) is 11.6. The van der Waals surface area contributed by atoms with Crippen LogP contribution in [-0.2, 0) is 27.8 Å². The van der Waals surface area contributed by atoms with E-state index < -0.39 is 41.4 Å². The molecule has 5 aromatic carbocycles. The van der Waals surface area contributed by atoms with Crippen molar-refractivity contribution in [1.29, 1.82) is 0 Å². The molecule has 1 aliphatic carbocycles. The second-order valence-corrected chi connectivity index (χ2v) is 16.0. The van der Waals surface area contributed by atoms with Gasteiger partial charge < -0.3 is 14.2 Å². The Hall–Kier alpha value is -3.84. The minimum absolute atomic E-state index is 0.110. The monoisotopic (exact) mass is 1070 g/mol. The fraction of sp³-hybridized carbons (Fsp3) is 0.262. The Morgan fingerprint density at radius 1 is 0.712 bits per heavy atom. The highest BCUT2D eigenvalue weighted by molar-refractivity contribution is 14.1. The third-order valence-electron chi connectivity index (χ3n) is 9.30. The number of fused-ring (bicyclic) bond motifs is 2. The number of methoxy groups -OCH3 is 1. The van der Waals surface area contributed by atoms with Crippen LogP contribution in [-0.4, -0.2) is 32.0 Å². The Morgan fingerprint density at radius 3 is 1.88 bits per heavy atom. The van der Waals surface area contributed by atoms with Crippen molar-refractivity contribution in [1.82, 2.24) is 0 Å². The molecule has 0 fully saturated rings. The molecule has 0 bridgehead atoms. The van der Waals surface area contributed by atoms with Crippen LogP contribution in [0.25, 0.3) is 11.1 Å². The van der Waals surface area contributed by atoms with Gasteiger partial charge in [-0.15, -0.1) is 0 Å². The Bertz CT molecular complexity index is 2240. The second kappa shape index (κ2) is 18.8. The van der Waals surface area contributed by atoms with E-state index in [1.807, 2.05) is 24.3 Å². The summed E-state index contributed by atoms with van der Waals surface area (Å²) in [6.07, 6.45) is -10.5. The van der Waals surface area contributed by atoms with Crippen molar-refractivity contribution < 1.29 is 62.9 Å². The smallest absolute Gasteiger partial charge is 0.458 e. The van der Waals surface area contributed by atoms with Crippen LogP contribution in [0.2, 0.25) is 0 Å². The van der Waals surface area contributed by atoms with E-state index in [2.05, 4.69) is 60.5 Å². The van der Waals surface area contributed by atoms with Gasteiger partial charge >= 0.3 is 30.2 Å². The number of carbonyl (C=O) groups excluding carboxylic acids is 1. The summed E-state index contributed by atoms with van der Waals surface area (Å²) >= 11 is 8.31. The fourth-order valence-electron chi connectivity index (χ4n) is 6.39. The molecule has 0 saturated heterocycles. The summed E-state index contributed by atoms with van der Waals surface area (Å²) in [5.74, 6) is -9.10. The molecule has 17 heteroatoms. The predicted octanol–water partition coefficient (Wildman–Crippen LogP) is 14.3. The van der Waals surface area contributed by atoms with E-state index in [9.17, 15) is 48.7 Å². The molecule has 0 amide bonds. The second-order valence-electron chi connectivity index (χ2n) is 13.1. The van der Waals surface area contributed by atoms with Gasteiger partial charge in [0.05, 0.1) is 20.1 Å². The minimum Gasteiger partial charge on any atom is -0.492 e. The molecule has 314 valence electrons. The van der Waals surface area contributed by atoms with Crippen molar-refractivity contribution in [3.8, 4) is 22.6 Å². The van der Waals surface area contributed by atoms with Gasteiger partial charge in [0.2, 0.25) is 0 Å². The molecule has 1 aliphatic heterocycles. The molecule has 59 heavy (non-hydrogen) atoms. The topological polar surface area (TPSA) is 44.8 Å². The maximum absolute atomic E-state index is 14.4. The van der Waals surface area contributed by atoms with Crippen molar-refractivity contribution in [3.05, 3.63) is 150 Å². The first kappa shape index (κ1) is 46.2. The number of halogens is 13. The van der Waals surface area contributed by atoms with Crippen LogP contribution < -0.4 is 9.47 Å². The Kier molecular flexibility index (Phi) is 14.8. The molecule has 0 N–H and O–H groups in total. The van der Waals surface area contributed by atoms with Gasteiger partial charge in [-0.25, -0.2) is 0 Å². The van der Waals surface area contributed by atoms with Crippen molar-refractivity contribution in [2.75, 3.05) is 13.7 Å². The first-order chi connectivity index (χ1) is 27.7. The molecule has 4 nitrogen and oxygen atoms in total. The third-order valence-corrected chi connectivity index (χ3v) is 12.4. The molecule has 2 aliphatic rings. The highest BCUT2D eigenvalue weighted by atomic mass is 127. The summed E-state index contributed by atoms with van der Waals surface area (Å²) < 4.78 is 148. The first-order valence-electron chi connectivity index (χ1n) is 17.4. The number of esters is 1. The summed E-state index contributed by atoms with van der Waals surface area (Å²) in [6.45, 7) is 0.353. The molecule has 2 atom stereocenters. The van der Waals surface area contributed by atoms with Gasteiger partial charge in [0, 0.05) is 41.2 Å².